The van der Waals surface area contributed by atoms with E-state index in [0.717, 1.165) is 31.9 Å². The molecule has 1 aromatic rings. The number of thioether (sulfide) groups is 1. The number of benzene rings is 1. The predicted octanol–water partition coefficient (Wildman–Crippen LogP) is 1.94. The van der Waals surface area contributed by atoms with E-state index in [-0.39, 0.29) is 36.6 Å². The van der Waals surface area contributed by atoms with Gasteiger partial charge in [-0.3, -0.25) is 9.59 Å². The number of amides is 2. The monoisotopic (exact) mass is 422 g/mol. The first kappa shape index (κ1) is 25.0. The summed E-state index contributed by atoms with van der Waals surface area (Å²) in [5.41, 5.74) is 7.15. The van der Waals surface area contributed by atoms with Crippen LogP contribution in [0.25, 0.3) is 0 Å². The summed E-state index contributed by atoms with van der Waals surface area (Å²) in [5, 5.41) is 2.80. The van der Waals surface area contributed by atoms with Crippen LogP contribution in [0.3, 0.4) is 0 Å². The van der Waals surface area contributed by atoms with E-state index in [9.17, 15) is 9.59 Å². The van der Waals surface area contributed by atoms with E-state index in [2.05, 4.69) is 17.3 Å². The zero-order chi connectivity index (χ0) is 17.5. The molecule has 0 aromatic heterocycles. The van der Waals surface area contributed by atoms with Crippen LogP contribution in [0.5, 0.6) is 0 Å². The fraction of sp³-hybridized carbons (Fsp3) is 0.529. The van der Waals surface area contributed by atoms with Crippen molar-refractivity contribution >= 4 is 54.1 Å². The van der Waals surface area contributed by atoms with Gasteiger partial charge in [0.1, 0.15) is 0 Å². The molecule has 1 atom stereocenters. The Labute approximate surface area is 172 Å². The van der Waals surface area contributed by atoms with Crippen molar-refractivity contribution in [3.05, 3.63) is 29.8 Å². The summed E-state index contributed by atoms with van der Waals surface area (Å²) in [6.45, 7) is 3.29. The van der Waals surface area contributed by atoms with Crippen molar-refractivity contribution in [2.75, 3.05) is 50.6 Å². The minimum absolute atomic E-state index is 0. The molecule has 2 rings (SSSR count). The third-order valence-electron chi connectivity index (χ3n) is 4.16. The van der Waals surface area contributed by atoms with Crippen LogP contribution in [0.1, 0.15) is 16.8 Å². The molecular weight excluding hydrogens is 395 g/mol. The van der Waals surface area contributed by atoms with Crippen molar-refractivity contribution in [3.63, 3.8) is 0 Å². The summed E-state index contributed by atoms with van der Waals surface area (Å²) in [5.74, 6) is 0.701. The lowest BCUT2D eigenvalue weighted by Crippen LogP contribution is -2.47. The standard InChI is InChI=1S/C17H26N4O2S.2ClH/c1-20-8-10-21(11-9-20)17(23)13-3-5-14(6-4-13)19-16(22)15(18)7-12-24-2;;/h3-6,15H,7-12,18H2,1-2H3,(H,19,22);2*1H/t15-;;/m0../s1. The van der Waals surface area contributed by atoms with Gasteiger partial charge in [0, 0.05) is 37.4 Å². The number of carbonyl (C=O) groups is 2. The van der Waals surface area contributed by atoms with Crippen molar-refractivity contribution in [3.8, 4) is 0 Å². The number of nitrogens with zero attached hydrogens (tertiary/aromatic N) is 2. The number of nitrogens with one attached hydrogen (secondary N) is 1. The van der Waals surface area contributed by atoms with E-state index >= 15 is 0 Å². The molecule has 2 amide bonds. The third kappa shape index (κ3) is 7.32. The van der Waals surface area contributed by atoms with E-state index in [0.29, 0.717) is 17.7 Å². The molecule has 0 radical (unpaired) electrons. The number of nitrogens with two attached hydrogens (primary N) is 1. The normalized spacial score (nSPS) is 15.4. The molecule has 1 heterocycles. The Morgan fingerprint density at radius 2 is 1.73 bits per heavy atom. The van der Waals surface area contributed by atoms with Gasteiger partial charge in [-0.2, -0.15) is 11.8 Å². The molecule has 1 aliphatic heterocycles. The Kier molecular flexibility index (Phi) is 11.9. The molecule has 3 N–H and O–H groups in total. The molecule has 1 fully saturated rings. The maximum atomic E-state index is 12.5. The first-order valence-corrected chi connectivity index (χ1v) is 9.54. The summed E-state index contributed by atoms with van der Waals surface area (Å²) >= 11 is 1.67. The lowest BCUT2D eigenvalue weighted by molar-refractivity contribution is -0.117. The van der Waals surface area contributed by atoms with Gasteiger partial charge in [-0.15, -0.1) is 24.8 Å². The van der Waals surface area contributed by atoms with Gasteiger partial charge in [0.2, 0.25) is 5.91 Å². The van der Waals surface area contributed by atoms with Crippen LogP contribution in [0.4, 0.5) is 5.69 Å². The number of carbonyl (C=O) groups excluding carboxylic acids is 2. The van der Waals surface area contributed by atoms with Crippen LogP contribution >= 0.6 is 36.6 Å². The first-order valence-electron chi connectivity index (χ1n) is 8.14. The molecule has 0 saturated carbocycles. The third-order valence-corrected chi connectivity index (χ3v) is 4.80. The van der Waals surface area contributed by atoms with Crippen molar-refractivity contribution in [1.82, 2.24) is 9.80 Å². The molecule has 1 aromatic carbocycles. The number of anilines is 1. The second-order valence-corrected chi connectivity index (χ2v) is 7.04. The minimum atomic E-state index is -0.510. The molecule has 0 spiro atoms. The fourth-order valence-corrected chi connectivity index (χ4v) is 2.99. The van der Waals surface area contributed by atoms with Crippen molar-refractivity contribution in [1.29, 1.82) is 0 Å². The molecule has 26 heavy (non-hydrogen) atoms. The maximum absolute atomic E-state index is 12.5. The highest BCUT2D eigenvalue weighted by atomic mass is 35.5. The second-order valence-electron chi connectivity index (χ2n) is 6.05. The summed E-state index contributed by atoms with van der Waals surface area (Å²) < 4.78 is 0. The zero-order valence-electron chi connectivity index (χ0n) is 15.1. The van der Waals surface area contributed by atoms with Crippen LogP contribution in [0, 0.1) is 0 Å². The largest absolute Gasteiger partial charge is 0.336 e. The van der Waals surface area contributed by atoms with E-state index in [1.165, 1.54) is 0 Å². The molecule has 0 bridgehead atoms. The Morgan fingerprint density at radius 1 is 1.15 bits per heavy atom. The number of hydrogen-bond acceptors (Lipinski definition) is 5. The average molecular weight is 423 g/mol. The summed E-state index contributed by atoms with van der Waals surface area (Å²) in [4.78, 5) is 28.5. The summed E-state index contributed by atoms with van der Waals surface area (Å²) in [6.07, 6.45) is 2.63. The highest BCUT2D eigenvalue weighted by Gasteiger charge is 2.20. The van der Waals surface area contributed by atoms with Crippen LogP contribution < -0.4 is 11.1 Å². The smallest absolute Gasteiger partial charge is 0.253 e. The summed E-state index contributed by atoms with van der Waals surface area (Å²) in [7, 11) is 2.06. The van der Waals surface area contributed by atoms with Gasteiger partial charge in [-0.05, 0) is 49.7 Å². The number of piperazine rings is 1. The molecule has 9 heteroatoms. The lowest BCUT2D eigenvalue weighted by Gasteiger charge is -2.32. The van der Waals surface area contributed by atoms with Crippen LogP contribution in [0.15, 0.2) is 24.3 Å². The first-order chi connectivity index (χ1) is 11.5. The topological polar surface area (TPSA) is 78.7 Å². The predicted molar refractivity (Wildman–Crippen MR) is 114 cm³/mol. The Balaban J connectivity index is 0.00000312. The molecular formula is C17H28Cl2N4O2S. The highest BCUT2D eigenvalue weighted by Crippen LogP contribution is 2.13. The van der Waals surface area contributed by atoms with Gasteiger partial charge in [0.25, 0.3) is 5.91 Å². The molecule has 1 saturated heterocycles. The number of likely N-dealkylation sites (N-methyl/N-ethyl adjacent to an activating group) is 1. The maximum Gasteiger partial charge on any atom is 0.253 e. The molecule has 0 unspecified atom stereocenters. The van der Waals surface area contributed by atoms with E-state index < -0.39 is 6.04 Å². The van der Waals surface area contributed by atoms with E-state index in [1.807, 2.05) is 11.2 Å². The quantitative estimate of drug-likeness (QED) is 0.731. The lowest BCUT2D eigenvalue weighted by atomic mass is 10.1. The van der Waals surface area contributed by atoms with E-state index in [1.54, 1.807) is 36.0 Å². The molecule has 6 nitrogen and oxygen atoms in total. The summed E-state index contributed by atoms with van der Waals surface area (Å²) in [6, 6.07) is 6.50. The number of hydrogen-bond donors (Lipinski definition) is 2. The molecule has 1 aliphatic rings. The number of halogens is 2. The van der Waals surface area contributed by atoms with Gasteiger partial charge in [-0.1, -0.05) is 0 Å². The van der Waals surface area contributed by atoms with Gasteiger partial charge < -0.3 is 20.9 Å². The van der Waals surface area contributed by atoms with Crippen molar-refractivity contribution < 1.29 is 9.59 Å². The minimum Gasteiger partial charge on any atom is -0.336 e. The zero-order valence-corrected chi connectivity index (χ0v) is 17.6. The SMILES string of the molecule is CSCC[C@H](N)C(=O)Nc1ccc(C(=O)N2CCN(C)CC2)cc1.Cl.Cl. The van der Waals surface area contributed by atoms with Crippen LogP contribution in [0.2, 0.25) is 0 Å². The van der Waals surface area contributed by atoms with Crippen LogP contribution in [-0.4, -0.2) is 72.9 Å². The molecule has 0 aliphatic carbocycles. The van der Waals surface area contributed by atoms with Gasteiger partial charge in [-0.25, -0.2) is 0 Å². The highest BCUT2D eigenvalue weighted by molar-refractivity contribution is 7.98. The Bertz CT molecular complexity index is 566. The molecule has 148 valence electrons. The van der Waals surface area contributed by atoms with Crippen molar-refractivity contribution in [2.24, 2.45) is 5.73 Å². The Hall–Kier alpha value is -0.990. The fourth-order valence-electron chi connectivity index (χ4n) is 2.50. The number of rotatable bonds is 6. The van der Waals surface area contributed by atoms with Crippen molar-refractivity contribution in [2.45, 2.75) is 12.5 Å². The van der Waals surface area contributed by atoms with Gasteiger partial charge in [0.15, 0.2) is 0 Å². The second kappa shape index (κ2) is 12.4. The van der Waals surface area contributed by atoms with Gasteiger partial charge >= 0.3 is 0 Å². The van der Waals surface area contributed by atoms with E-state index in [4.69, 9.17) is 5.73 Å². The average Bonchev–Trinajstić information content (AvgIpc) is 2.60. The Morgan fingerprint density at radius 3 is 2.27 bits per heavy atom. The van der Waals surface area contributed by atoms with Crippen LogP contribution in [-0.2, 0) is 4.79 Å². The van der Waals surface area contributed by atoms with Gasteiger partial charge in [0.05, 0.1) is 6.04 Å².